The third-order valence-electron chi connectivity index (χ3n) is 2.81. The lowest BCUT2D eigenvalue weighted by atomic mass is 9.94. The highest BCUT2D eigenvalue weighted by atomic mass is 16.5. The number of carbonyl (C=O) groups excluding carboxylic acids is 1. The minimum atomic E-state index is 0.166. The van der Waals surface area contributed by atoms with E-state index in [4.69, 9.17) is 4.74 Å². The molecule has 1 aliphatic heterocycles. The number of piperidine rings is 1. The van der Waals surface area contributed by atoms with Crippen LogP contribution in [0.1, 0.15) is 33.1 Å². The summed E-state index contributed by atoms with van der Waals surface area (Å²) in [5.74, 6) is 0.728. The van der Waals surface area contributed by atoms with Gasteiger partial charge in [0.25, 0.3) is 0 Å². The highest BCUT2D eigenvalue weighted by Crippen LogP contribution is 2.15. The number of carbonyl (C=O) groups is 1. The van der Waals surface area contributed by atoms with Crippen LogP contribution < -0.4 is 10.6 Å². The van der Waals surface area contributed by atoms with Crippen LogP contribution in [0.15, 0.2) is 0 Å². The van der Waals surface area contributed by atoms with E-state index in [-0.39, 0.29) is 12.0 Å². The largest absolute Gasteiger partial charge is 0.377 e. The fraction of sp³-hybridized carbons (Fsp3) is 0.917. The zero-order chi connectivity index (χ0) is 11.8. The first-order chi connectivity index (χ1) is 7.68. The molecule has 0 unspecified atom stereocenters. The van der Waals surface area contributed by atoms with E-state index < -0.39 is 0 Å². The van der Waals surface area contributed by atoms with Gasteiger partial charge in [-0.1, -0.05) is 0 Å². The summed E-state index contributed by atoms with van der Waals surface area (Å²) in [6.07, 6.45) is 3.15. The van der Waals surface area contributed by atoms with Gasteiger partial charge in [-0.3, -0.25) is 4.79 Å². The summed E-state index contributed by atoms with van der Waals surface area (Å²) in [6.45, 7) is 7.33. The van der Waals surface area contributed by atoms with Crippen LogP contribution >= 0.6 is 0 Å². The molecule has 1 amide bonds. The molecule has 0 saturated carbocycles. The predicted molar refractivity (Wildman–Crippen MR) is 64.3 cm³/mol. The van der Waals surface area contributed by atoms with Gasteiger partial charge in [0.05, 0.1) is 12.7 Å². The van der Waals surface area contributed by atoms with Gasteiger partial charge in [-0.05, 0) is 45.7 Å². The van der Waals surface area contributed by atoms with Gasteiger partial charge in [-0.2, -0.15) is 0 Å². The number of amides is 1. The molecule has 0 aliphatic carbocycles. The maximum atomic E-state index is 11.6. The Morgan fingerprint density at radius 3 is 2.75 bits per heavy atom. The molecule has 1 fully saturated rings. The minimum Gasteiger partial charge on any atom is -0.377 e. The van der Waals surface area contributed by atoms with Crippen molar-refractivity contribution in [1.82, 2.24) is 10.6 Å². The molecular weight excluding hydrogens is 204 g/mol. The van der Waals surface area contributed by atoms with Gasteiger partial charge < -0.3 is 15.4 Å². The summed E-state index contributed by atoms with van der Waals surface area (Å²) in [5.41, 5.74) is 0. The van der Waals surface area contributed by atoms with Crippen molar-refractivity contribution in [3.63, 3.8) is 0 Å². The van der Waals surface area contributed by atoms with Crippen LogP contribution in [0.25, 0.3) is 0 Å². The Morgan fingerprint density at radius 1 is 1.44 bits per heavy atom. The average Bonchev–Trinajstić information content (AvgIpc) is 2.25. The molecule has 1 rings (SSSR count). The van der Waals surface area contributed by atoms with Crippen molar-refractivity contribution in [2.75, 3.05) is 26.2 Å². The average molecular weight is 228 g/mol. The molecule has 1 aliphatic rings. The van der Waals surface area contributed by atoms with E-state index in [1.807, 2.05) is 13.8 Å². The quantitative estimate of drug-likeness (QED) is 0.665. The van der Waals surface area contributed by atoms with Gasteiger partial charge in [-0.25, -0.2) is 0 Å². The van der Waals surface area contributed by atoms with E-state index in [2.05, 4.69) is 10.6 Å². The zero-order valence-electron chi connectivity index (χ0n) is 10.4. The van der Waals surface area contributed by atoms with Crippen molar-refractivity contribution >= 4 is 5.91 Å². The van der Waals surface area contributed by atoms with Crippen LogP contribution in [0.5, 0.6) is 0 Å². The molecule has 2 N–H and O–H groups in total. The van der Waals surface area contributed by atoms with Gasteiger partial charge in [0, 0.05) is 13.0 Å². The van der Waals surface area contributed by atoms with Gasteiger partial charge in [0.2, 0.25) is 5.91 Å². The van der Waals surface area contributed by atoms with E-state index >= 15 is 0 Å². The van der Waals surface area contributed by atoms with Crippen molar-refractivity contribution in [3.05, 3.63) is 0 Å². The molecular formula is C12H24N2O2. The van der Waals surface area contributed by atoms with Gasteiger partial charge in [0.15, 0.2) is 0 Å². The van der Waals surface area contributed by atoms with Crippen LogP contribution in [0, 0.1) is 5.92 Å². The summed E-state index contributed by atoms with van der Waals surface area (Å²) in [4.78, 5) is 11.6. The third kappa shape index (κ3) is 6.08. The Labute approximate surface area is 98.1 Å². The highest BCUT2D eigenvalue weighted by molar-refractivity contribution is 5.76. The third-order valence-corrected chi connectivity index (χ3v) is 2.81. The lowest BCUT2D eigenvalue weighted by Crippen LogP contribution is -2.33. The normalized spacial score (nSPS) is 17.7. The highest BCUT2D eigenvalue weighted by Gasteiger charge is 2.16. The molecule has 4 heteroatoms. The molecule has 4 nitrogen and oxygen atoms in total. The monoisotopic (exact) mass is 228 g/mol. The van der Waals surface area contributed by atoms with Gasteiger partial charge >= 0.3 is 0 Å². The Balaban J connectivity index is 2.01. The summed E-state index contributed by atoms with van der Waals surface area (Å²) in [5, 5.41) is 6.20. The van der Waals surface area contributed by atoms with E-state index in [0.717, 1.165) is 25.9 Å². The molecule has 0 spiro atoms. The molecule has 1 saturated heterocycles. The second kappa shape index (κ2) is 7.63. The molecule has 94 valence electrons. The topological polar surface area (TPSA) is 50.4 Å². The van der Waals surface area contributed by atoms with Crippen molar-refractivity contribution in [2.24, 2.45) is 5.92 Å². The standard InChI is InChI=1S/C12H24N2O2/c1-10(2)16-8-7-14-12(15)9-11-3-5-13-6-4-11/h10-11,13H,3-9H2,1-2H3,(H,14,15). The Morgan fingerprint density at radius 2 is 2.12 bits per heavy atom. The summed E-state index contributed by atoms with van der Waals surface area (Å²) >= 11 is 0. The van der Waals surface area contributed by atoms with Crippen molar-refractivity contribution in [1.29, 1.82) is 0 Å². The Kier molecular flexibility index (Phi) is 6.42. The van der Waals surface area contributed by atoms with E-state index in [1.165, 1.54) is 0 Å². The smallest absolute Gasteiger partial charge is 0.220 e. The number of nitrogens with one attached hydrogen (secondary N) is 2. The molecule has 16 heavy (non-hydrogen) atoms. The zero-order valence-corrected chi connectivity index (χ0v) is 10.4. The van der Waals surface area contributed by atoms with E-state index in [9.17, 15) is 4.79 Å². The first-order valence-electron chi connectivity index (χ1n) is 6.27. The Bertz CT molecular complexity index is 201. The molecule has 0 aromatic carbocycles. The molecule has 0 aromatic rings. The summed E-state index contributed by atoms with van der Waals surface area (Å²) in [6, 6.07) is 0. The molecule has 0 aromatic heterocycles. The molecule has 1 heterocycles. The maximum absolute atomic E-state index is 11.6. The van der Waals surface area contributed by atoms with Crippen molar-refractivity contribution < 1.29 is 9.53 Å². The lowest BCUT2D eigenvalue weighted by molar-refractivity contribution is -0.122. The van der Waals surface area contributed by atoms with Crippen LogP contribution in [-0.4, -0.2) is 38.3 Å². The van der Waals surface area contributed by atoms with Crippen molar-refractivity contribution in [2.45, 2.75) is 39.2 Å². The van der Waals surface area contributed by atoms with Crippen LogP contribution in [-0.2, 0) is 9.53 Å². The summed E-state index contributed by atoms with van der Waals surface area (Å²) < 4.78 is 5.36. The number of hydrogen-bond donors (Lipinski definition) is 2. The number of hydrogen-bond acceptors (Lipinski definition) is 3. The van der Waals surface area contributed by atoms with Crippen LogP contribution in [0.3, 0.4) is 0 Å². The first kappa shape index (κ1) is 13.5. The van der Waals surface area contributed by atoms with Gasteiger partial charge in [-0.15, -0.1) is 0 Å². The van der Waals surface area contributed by atoms with Crippen molar-refractivity contribution in [3.8, 4) is 0 Å². The number of ether oxygens (including phenoxy) is 1. The second-order valence-electron chi connectivity index (χ2n) is 4.67. The molecule has 0 bridgehead atoms. The van der Waals surface area contributed by atoms with E-state index in [0.29, 0.717) is 25.5 Å². The van der Waals surface area contributed by atoms with Crippen LogP contribution in [0.4, 0.5) is 0 Å². The fourth-order valence-corrected chi connectivity index (χ4v) is 1.91. The molecule has 0 radical (unpaired) electrons. The first-order valence-corrected chi connectivity index (χ1v) is 6.27. The maximum Gasteiger partial charge on any atom is 0.220 e. The predicted octanol–water partition coefficient (Wildman–Crippen LogP) is 0.917. The Hall–Kier alpha value is -0.610. The van der Waals surface area contributed by atoms with E-state index in [1.54, 1.807) is 0 Å². The lowest BCUT2D eigenvalue weighted by Gasteiger charge is -2.21. The van der Waals surface area contributed by atoms with Gasteiger partial charge in [0.1, 0.15) is 0 Å². The molecule has 0 atom stereocenters. The second-order valence-corrected chi connectivity index (χ2v) is 4.67. The minimum absolute atomic E-state index is 0.166. The fourth-order valence-electron chi connectivity index (χ4n) is 1.91. The number of rotatable bonds is 6. The summed E-state index contributed by atoms with van der Waals surface area (Å²) in [7, 11) is 0. The SMILES string of the molecule is CC(C)OCCNC(=O)CC1CCNCC1. The van der Waals surface area contributed by atoms with Crippen LogP contribution in [0.2, 0.25) is 0 Å².